The zero-order valence-corrected chi connectivity index (χ0v) is 13.3. The molecule has 1 N–H and O–H groups in total. The van der Waals surface area contributed by atoms with Gasteiger partial charge in [0.1, 0.15) is 5.82 Å². The first-order valence-electron chi connectivity index (χ1n) is 7.64. The van der Waals surface area contributed by atoms with E-state index in [9.17, 15) is 4.39 Å². The topological polar surface area (TPSA) is 29.9 Å². The number of benzene rings is 1. The number of aromatic nitrogens is 2. The van der Waals surface area contributed by atoms with Crippen LogP contribution in [-0.4, -0.2) is 16.3 Å². The van der Waals surface area contributed by atoms with Gasteiger partial charge in [0.15, 0.2) is 0 Å². The molecule has 1 aromatic carbocycles. The predicted molar refractivity (Wildman–Crippen MR) is 84.7 cm³/mol. The maximum atomic E-state index is 13.7. The van der Waals surface area contributed by atoms with Gasteiger partial charge in [0.2, 0.25) is 0 Å². The van der Waals surface area contributed by atoms with E-state index in [4.69, 9.17) is 0 Å². The summed E-state index contributed by atoms with van der Waals surface area (Å²) in [7, 11) is 0. The van der Waals surface area contributed by atoms with Crippen LogP contribution in [0, 0.1) is 12.7 Å². The monoisotopic (exact) mass is 289 g/mol. The van der Waals surface area contributed by atoms with E-state index in [0.717, 1.165) is 41.9 Å². The molecule has 0 aliphatic carbocycles. The quantitative estimate of drug-likeness (QED) is 0.868. The van der Waals surface area contributed by atoms with Crippen molar-refractivity contribution in [2.75, 3.05) is 6.54 Å². The summed E-state index contributed by atoms with van der Waals surface area (Å²) in [6.07, 6.45) is 2.91. The summed E-state index contributed by atoms with van der Waals surface area (Å²) in [4.78, 5) is 0. The molecule has 1 heterocycles. The molecule has 2 rings (SSSR count). The molecule has 1 unspecified atom stereocenters. The molecule has 0 saturated carbocycles. The Kier molecular flexibility index (Phi) is 5.12. The number of hydrogen-bond acceptors (Lipinski definition) is 2. The summed E-state index contributed by atoms with van der Waals surface area (Å²) < 4.78 is 15.7. The lowest BCUT2D eigenvalue weighted by atomic mass is 9.95. The molecule has 0 radical (unpaired) electrons. The normalized spacial score (nSPS) is 12.6. The molecule has 0 amide bonds. The molecular weight excluding hydrogens is 265 g/mol. The molecule has 0 fully saturated rings. The summed E-state index contributed by atoms with van der Waals surface area (Å²) in [5, 5.41) is 7.85. The van der Waals surface area contributed by atoms with E-state index >= 15 is 0 Å². The Morgan fingerprint density at radius 1 is 1.29 bits per heavy atom. The Balaban J connectivity index is 2.46. The van der Waals surface area contributed by atoms with Gasteiger partial charge in [-0.2, -0.15) is 5.10 Å². The SMILES string of the molecule is CCCNC(C)c1ccc(F)cc1-c1cnn(CC)c1C. The van der Waals surface area contributed by atoms with Crippen LogP contribution in [0.25, 0.3) is 11.1 Å². The van der Waals surface area contributed by atoms with Crippen LogP contribution in [0.1, 0.15) is 44.5 Å². The predicted octanol–water partition coefficient (Wildman–Crippen LogP) is 4.08. The zero-order valence-electron chi connectivity index (χ0n) is 13.3. The van der Waals surface area contributed by atoms with Gasteiger partial charge in [0.05, 0.1) is 6.20 Å². The largest absolute Gasteiger partial charge is 0.310 e. The number of nitrogens with one attached hydrogen (secondary N) is 1. The van der Waals surface area contributed by atoms with Crippen molar-refractivity contribution in [3.63, 3.8) is 0 Å². The van der Waals surface area contributed by atoms with Crippen molar-refractivity contribution in [1.29, 1.82) is 0 Å². The van der Waals surface area contributed by atoms with Crippen molar-refractivity contribution in [2.45, 2.75) is 46.7 Å². The Bertz CT molecular complexity index is 604. The second kappa shape index (κ2) is 6.85. The molecule has 1 atom stereocenters. The van der Waals surface area contributed by atoms with Crippen LogP contribution in [0.4, 0.5) is 4.39 Å². The minimum Gasteiger partial charge on any atom is -0.310 e. The maximum Gasteiger partial charge on any atom is 0.123 e. The Morgan fingerprint density at radius 2 is 2.05 bits per heavy atom. The Labute approximate surface area is 126 Å². The van der Waals surface area contributed by atoms with Crippen LogP contribution >= 0.6 is 0 Å². The second-order valence-corrected chi connectivity index (χ2v) is 5.37. The van der Waals surface area contributed by atoms with Gasteiger partial charge < -0.3 is 5.32 Å². The fourth-order valence-electron chi connectivity index (χ4n) is 2.64. The van der Waals surface area contributed by atoms with E-state index in [0.29, 0.717) is 0 Å². The Hall–Kier alpha value is -1.68. The first kappa shape index (κ1) is 15.7. The van der Waals surface area contributed by atoms with Crippen molar-refractivity contribution in [3.05, 3.63) is 41.5 Å². The van der Waals surface area contributed by atoms with Gasteiger partial charge in [-0.15, -0.1) is 0 Å². The van der Waals surface area contributed by atoms with E-state index < -0.39 is 0 Å². The van der Waals surface area contributed by atoms with Crippen molar-refractivity contribution in [2.24, 2.45) is 0 Å². The van der Waals surface area contributed by atoms with Crippen LogP contribution in [0.5, 0.6) is 0 Å². The minimum absolute atomic E-state index is 0.185. The van der Waals surface area contributed by atoms with Crippen molar-refractivity contribution >= 4 is 0 Å². The molecule has 0 aliphatic heterocycles. The molecule has 2 aromatic rings. The summed E-state index contributed by atoms with van der Waals surface area (Å²) in [6, 6.07) is 5.21. The molecule has 4 heteroatoms. The first-order chi connectivity index (χ1) is 10.1. The molecule has 21 heavy (non-hydrogen) atoms. The molecule has 114 valence electrons. The molecule has 0 saturated heterocycles. The van der Waals surface area contributed by atoms with Crippen LogP contribution < -0.4 is 5.32 Å². The third-order valence-corrected chi connectivity index (χ3v) is 3.88. The lowest BCUT2D eigenvalue weighted by Gasteiger charge is -2.18. The van der Waals surface area contributed by atoms with E-state index in [1.807, 2.05) is 23.9 Å². The number of aryl methyl sites for hydroxylation is 1. The highest BCUT2D eigenvalue weighted by Crippen LogP contribution is 2.31. The van der Waals surface area contributed by atoms with Gasteiger partial charge in [-0.05, 0) is 57.0 Å². The molecular formula is C17H24FN3. The fourth-order valence-corrected chi connectivity index (χ4v) is 2.64. The van der Waals surface area contributed by atoms with Crippen LogP contribution in [0.2, 0.25) is 0 Å². The minimum atomic E-state index is -0.208. The van der Waals surface area contributed by atoms with Crippen molar-refractivity contribution in [1.82, 2.24) is 15.1 Å². The van der Waals surface area contributed by atoms with E-state index in [1.54, 1.807) is 6.07 Å². The Morgan fingerprint density at radius 3 is 2.67 bits per heavy atom. The van der Waals surface area contributed by atoms with Crippen LogP contribution in [0.15, 0.2) is 24.4 Å². The summed E-state index contributed by atoms with van der Waals surface area (Å²) in [5.41, 5.74) is 4.13. The van der Waals surface area contributed by atoms with Gasteiger partial charge in [-0.3, -0.25) is 4.68 Å². The lowest BCUT2D eigenvalue weighted by molar-refractivity contribution is 0.568. The first-order valence-corrected chi connectivity index (χ1v) is 7.64. The van der Waals surface area contributed by atoms with Gasteiger partial charge in [0, 0.05) is 23.8 Å². The third-order valence-electron chi connectivity index (χ3n) is 3.88. The summed E-state index contributed by atoms with van der Waals surface area (Å²) in [6.45, 7) is 10.1. The van der Waals surface area contributed by atoms with E-state index in [2.05, 4.69) is 31.2 Å². The van der Waals surface area contributed by atoms with Gasteiger partial charge in [-0.1, -0.05) is 13.0 Å². The van der Waals surface area contributed by atoms with E-state index in [1.165, 1.54) is 6.07 Å². The number of hydrogen-bond donors (Lipinski definition) is 1. The highest BCUT2D eigenvalue weighted by atomic mass is 19.1. The van der Waals surface area contributed by atoms with Crippen LogP contribution in [0.3, 0.4) is 0 Å². The fraction of sp³-hybridized carbons (Fsp3) is 0.471. The summed E-state index contributed by atoms with van der Waals surface area (Å²) >= 11 is 0. The highest BCUT2D eigenvalue weighted by Gasteiger charge is 2.16. The molecule has 0 aliphatic rings. The van der Waals surface area contributed by atoms with Crippen molar-refractivity contribution in [3.8, 4) is 11.1 Å². The molecule has 1 aromatic heterocycles. The third kappa shape index (κ3) is 3.32. The second-order valence-electron chi connectivity index (χ2n) is 5.37. The van der Waals surface area contributed by atoms with Gasteiger partial charge in [0.25, 0.3) is 0 Å². The highest BCUT2D eigenvalue weighted by molar-refractivity contribution is 5.69. The number of rotatable bonds is 6. The molecule has 0 spiro atoms. The molecule has 0 bridgehead atoms. The average Bonchev–Trinajstić information content (AvgIpc) is 2.85. The molecule has 3 nitrogen and oxygen atoms in total. The lowest BCUT2D eigenvalue weighted by Crippen LogP contribution is -2.20. The number of nitrogens with zero attached hydrogens (tertiary/aromatic N) is 2. The standard InChI is InChI=1S/C17H24FN3/c1-5-9-19-12(3)15-8-7-14(18)10-16(15)17-11-20-21(6-2)13(17)4/h7-8,10-12,19H,5-6,9H2,1-4H3. The van der Waals surface area contributed by atoms with Gasteiger partial charge >= 0.3 is 0 Å². The zero-order chi connectivity index (χ0) is 15.4. The maximum absolute atomic E-state index is 13.7. The van der Waals surface area contributed by atoms with E-state index in [-0.39, 0.29) is 11.9 Å². The smallest absolute Gasteiger partial charge is 0.123 e. The van der Waals surface area contributed by atoms with Crippen LogP contribution in [-0.2, 0) is 6.54 Å². The summed E-state index contributed by atoms with van der Waals surface area (Å²) in [5.74, 6) is -0.208. The number of halogens is 1. The van der Waals surface area contributed by atoms with Gasteiger partial charge in [-0.25, -0.2) is 4.39 Å². The van der Waals surface area contributed by atoms with Crippen molar-refractivity contribution < 1.29 is 4.39 Å². The average molecular weight is 289 g/mol.